The Morgan fingerprint density at radius 1 is 1.28 bits per heavy atom. The maximum Gasteiger partial charge on any atom is 0.405 e. The number of H-pyrrole nitrogens is 1. The van der Waals surface area contributed by atoms with E-state index in [0.717, 1.165) is 28.0 Å². The van der Waals surface area contributed by atoms with Crippen molar-refractivity contribution in [1.82, 2.24) is 14.6 Å². The third kappa shape index (κ3) is 8.12. The topological polar surface area (TPSA) is 169 Å². The van der Waals surface area contributed by atoms with Crippen LogP contribution in [0.2, 0.25) is 0 Å². The highest BCUT2D eigenvalue weighted by molar-refractivity contribution is 8.13. The van der Waals surface area contributed by atoms with Gasteiger partial charge in [0, 0.05) is 24.6 Å². The molecule has 1 unspecified atom stereocenters. The minimum atomic E-state index is -4.00. The number of ether oxygens (including phenoxy) is 1. The largest absolute Gasteiger partial charge is 0.405 e. The summed E-state index contributed by atoms with van der Waals surface area (Å²) in [5.74, 6) is 0.155. The number of aromatic amines is 1. The molecule has 15 heteroatoms. The SMILES string of the molecule is CC(C)(CO)C(=O)SCCOP(=O)(NCc1ccccc1)OC[C@H]1O[C@@H](n2ccc(=O)[nH]c2=O)[C@](C)(Cl)[C@@H]1O. The van der Waals surface area contributed by atoms with Crippen LogP contribution in [0.3, 0.4) is 0 Å². The van der Waals surface area contributed by atoms with Gasteiger partial charge in [0.25, 0.3) is 5.56 Å². The van der Waals surface area contributed by atoms with Gasteiger partial charge in [-0.1, -0.05) is 42.1 Å². The van der Waals surface area contributed by atoms with Crippen molar-refractivity contribution in [3.63, 3.8) is 0 Å². The Hall–Kier alpha value is -1.80. The molecular weight excluding hydrogens is 573 g/mol. The number of carbonyl (C=O) groups excluding carboxylic acids is 1. The Morgan fingerprint density at radius 2 is 1.97 bits per heavy atom. The molecule has 216 valence electrons. The molecule has 2 aromatic rings. The molecule has 4 N–H and O–H groups in total. The van der Waals surface area contributed by atoms with Gasteiger partial charge in [0.05, 0.1) is 25.2 Å². The van der Waals surface area contributed by atoms with Gasteiger partial charge in [0.1, 0.15) is 17.1 Å². The fourth-order valence-electron chi connectivity index (χ4n) is 3.60. The number of carbonyl (C=O) groups is 1. The predicted molar refractivity (Wildman–Crippen MR) is 147 cm³/mol. The van der Waals surface area contributed by atoms with Gasteiger partial charge in [0.2, 0.25) is 0 Å². The van der Waals surface area contributed by atoms with E-state index >= 15 is 0 Å². The highest BCUT2D eigenvalue weighted by Crippen LogP contribution is 2.47. The molecule has 1 aliphatic rings. The molecule has 1 saturated heterocycles. The number of aromatic nitrogens is 2. The van der Waals surface area contributed by atoms with Gasteiger partial charge in [-0.05, 0) is 26.3 Å². The Morgan fingerprint density at radius 3 is 2.62 bits per heavy atom. The molecule has 0 aliphatic carbocycles. The van der Waals surface area contributed by atoms with E-state index in [9.17, 15) is 29.2 Å². The third-order valence-electron chi connectivity index (χ3n) is 6.07. The molecule has 1 aromatic heterocycles. The van der Waals surface area contributed by atoms with Crippen molar-refractivity contribution in [1.29, 1.82) is 0 Å². The van der Waals surface area contributed by atoms with Crippen LogP contribution < -0.4 is 16.3 Å². The van der Waals surface area contributed by atoms with Gasteiger partial charge >= 0.3 is 13.4 Å². The van der Waals surface area contributed by atoms with Crippen LogP contribution in [0.1, 0.15) is 32.6 Å². The lowest BCUT2D eigenvalue weighted by molar-refractivity contribution is -0.119. The average Bonchev–Trinajstić information content (AvgIpc) is 3.13. The van der Waals surface area contributed by atoms with Crippen LogP contribution in [0.25, 0.3) is 0 Å². The summed E-state index contributed by atoms with van der Waals surface area (Å²) in [4.78, 5) is 36.6. The second kappa shape index (κ2) is 13.2. The van der Waals surface area contributed by atoms with Gasteiger partial charge in [-0.2, -0.15) is 0 Å². The fourth-order valence-corrected chi connectivity index (χ4v) is 6.13. The zero-order chi connectivity index (χ0) is 28.8. The molecule has 2 heterocycles. The molecule has 0 radical (unpaired) electrons. The summed E-state index contributed by atoms with van der Waals surface area (Å²) >= 11 is 7.49. The number of nitrogens with one attached hydrogen (secondary N) is 2. The van der Waals surface area contributed by atoms with Gasteiger partial charge in [-0.25, -0.2) is 14.4 Å². The van der Waals surface area contributed by atoms with Crippen molar-refractivity contribution in [2.45, 2.75) is 50.6 Å². The Balaban J connectivity index is 1.69. The summed E-state index contributed by atoms with van der Waals surface area (Å²) in [6, 6.07) is 10.2. The molecular formula is C24H33ClN3O9PS. The normalized spacial score (nSPS) is 24.9. The molecule has 1 fully saturated rings. The smallest absolute Gasteiger partial charge is 0.395 e. The number of alkyl halides is 1. The van der Waals surface area contributed by atoms with Crippen molar-refractivity contribution in [3.8, 4) is 0 Å². The lowest BCUT2D eigenvalue weighted by atomic mass is 9.97. The number of aliphatic hydroxyl groups excluding tert-OH is 2. The quantitative estimate of drug-likeness (QED) is 0.150. The van der Waals surface area contributed by atoms with E-state index < -0.39 is 54.3 Å². The van der Waals surface area contributed by atoms with Crippen molar-refractivity contribution in [3.05, 3.63) is 69.0 Å². The summed E-state index contributed by atoms with van der Waals surface area (Å²) in [5.41, 5.74) is -1.50. The minimum absolute atomic E-state index is 0.117. The molecule has 0 amide bonds. The lowest BCUT2D eigenvalue weighted by Gasteiger charge is -2.26. The summed E-state index contributed by atoms with van der Waals surface area (Å²) in [6.07, 6.45) is -2.41. The number of nitrogens with zero attached hydrogens (tertiary/aromatic N) is 1. The summed E-state index contributed by atoms with van der Waals surface area (Å²) in [6.45, 7) is 3.99. The number of rotatable bonds is 13. The van der Waals surface area contributed by atoms with E-state index in [1.165, 1.54) is 13.1 Å². The average molecular weight is 606 g/mol. The number of halogens is 1. The number of aliphatic hydroxyl groups is 2. The highest BCUT2D eigenvalue weighted by atomic mass is 35.5. The molecule has 0 saturated carbocycles. The molecule has 3 rings (SSSR count). The first-order chi connectivity index (χ1) is 18.3. The first-order valence-corrected chi connectivity index (χ1v) is 15.0. The van der Waals surface area contributed by atoms with Gasteiger partial charge < -0.3 is 14.9 Å². The van der Waals surface area contributed by atoms with E-state index in [0.29, 0.717) is 0 Å². The fraction of sp³-hybridized carbons (Fsp3) is 0.542. The van der Waals surface area contributed by atoms with Crippen LogP contribution in [0.5, 0.6) is 0 Å². The number of benzene rings is 1. The van der Waals surface area contributed by atoms with Crippen LogP contribution in [-0.4, -0.2) is 67.5 Å². The van der Waals surface area contributed by atoms with E-state index in [1.54, 1.807) is 13.8 Å². The van der Waals surface area contributed by atoms with Crippen LogP contribution in [0.4, 0.5) is 0 Å². The highest BCUT2D eigenvalue weighted by Gasteiger charge is 2.54. The van der Waals surface area contributed by atoms with Gasteiger partial charge in [-0.15, -0.1) is 11.6 Å². The third-order valence-corrected chi connectivity index (χ3v) is 9.23. The molecule has 0 spiro atoms. The summed E-state index contributed by atoms with van der Waals surface area (Å²) in [7, 11) is -4.00. The van der Waals surface area contributed by atoms with Crippen molar-refractivity contribution < 1.29 is 33.4 Å². The zero-order valence-corrected chi connectivity index (χ0v) is 24.2. The Kier molecular flexibility index (Phi) is 10.8. The lowest BCUT2D eigenvalue weighted by Crippen LogP contribution is -2.43. The number of hydrogen-bond donors (Lipinski definition) is 4. The second-order valence-corrected chi connectivity index (χ2v) is 13.5. The molecule has 12 nitrogen and oxygen atoms in total. The first-order valence-electron chi connectivity index (χ1n) is 12.1. The second-order valence-electron chi connectivity index (χ2n) is 9.77. The summed E-state index contributed by atoms with van der Waals surface area (Å²) < 4.78 is 31.6. The van der Waals surface area contributed by atoms with Crippen LogP contribution in [0.15, 0.2) is 52.2 Å². The van der Waals surface area contributed by atoms with Gasteiger partial charge in [0.15, 0.2) is 11.3 Å². The van der Waals surface area contributed by atoms with Crippen LogP contribution >= 0.6 is 31.1 Å². The van der Waals surface area contributed by atoms with Crippen LogP contribution in [0, 0.1) is 5.41 Å². The monoisotopic (exact) mass is 605 g/mol. The maximum atomic E-state index is 13.6. The van der Waals surface area contributed by atoms with Crippen molar-refractivity contribution in [2.75, 3.05) is 25.6 Å². The Bertz CT molecular complexity index is 1290. The van der Waals surface area contributed by atoms with E-state index in [1.807, 2.05) is 30.3 Å². The molecule has 5 atom stereocenters. The Labute approximate surface area is 234 Å². The molecule has 0 bridgehead atoms. The van der Waals surface area contributed by atoms with Crippen molar-refractivity contribution in [2.24, 2.45) is 5.41 Å². The minimum Gasteiger partial charge on any atom is -0.395 e. The zero-order valence-electron chi connectivity index (χ0n) is 21.7. The van der Waals surface area contributed by atoms with Crippen molar-refractivity contribution >= 4 is 36.2 Å². The van der Waals surface area contributed by atoms with Gasteiger partial charge in [-0.3, -0.25) is 28.2 Å². The van der Waals surface area contributed by atoms with Crippen LogP contribution in [-0.2, 0) is 29.7 Å². The van der Waals surface area contributed by atoms with E-state index in [-0.39, 0.29) is 30.6 Å². The van der Waals surface area contributed by atoms with E-state index in [4.69, 9.17) is 25.4 Å². The van der Waals surface area contributed by atoms with E-state index in [2.05, 4.69) is 10.1 Å². The maximum absolute atomic E-state index is 13.6. The molecule has 39 heavy (non-hydrogen) atoms. The standard InChI is InChI=1S/C24H33ClN3O9PS/c1-23(2,15-29)21(32)39-12-11-35-38(34,26-13-16-7-5-4-6-8-16)36-14-17-19(31)24(3,25)20(37-17)28-10-9-18(30)27-22(28)33/h4-10,17,19-20,29,31H,11-15H2,1-3H3,(H,26,34)(H,27,30,33)/t17-,19-,20-,24-,38?/m1/s1. The summed E-state index contributed by atoms with van der Waals surface area (Å²) in [5, 5.41) is 22.7. The predicted octanol–water partition coefficient (Wildman–Crippen LogP) is 2.00. The number of thioether (sulfide) groups is 1. The molecule has 1 aliphatic heterocycles. The molecule has 1 aromatic carbocycles. The number of hydrogen-bond acceptors (Lipinski definition) is 10. The first kappa shape index (κ1) is 31.7.